The van der Waals surface area contributed by atoms with E-state index >= 15 is 0 Å². The topological polar surface area (TPSA) is 26.0 Å². The fraction of sp³-hybridized carbons (Fsp3) is 0.400. The summed E-state index contributed by atoms with van der Waals surface area (Å²) in [5.41, 5.74) is 3.87. The fourth-order valence-electron chi connectivity index (χ4n) is 1.15. The average molecular weight is 282 g/mol. The van der Waals surface area contributed by atoms with Crippen LogP contribution in [0, 0.1) is 5.82 Å². The Morgan fingerprint density at radius 2 is 2.07 bits per heavy atom. The van der Waals surface area contributed by atoms with Crippen molar-refractivity contribution in [3.8, 4) is 0 Å². The molecule has 0 aromatic heterocycles. The zero-order chi connectivity index (χ0) is 11.6. The van der Waals surface area contributed by atoms with Gasteiger partial charge in [-0.1, -0.05) is 22.0 Å². The summed E-state index contributed by atoms with van der Waals surface area (Å²) in [5, 5.41) is 0. The van der Waals surface area contributed by atoms with Crippen molar-refractivity contribution in [2.75, 3.05) is 0 Å². The SMILES string of the molecule is CC(N)(Cc1ccc(Br)cc1F)C(F)F. The highest BCUT2D eigenvalue weighted by Crippen LogP contribution is 2.22. The molecule has 15 heavy (non-hydrogen) atoms. The summed E-state index contributed by atoms with van der Waals surface area (Å²) in [5.74, 6) is -0.526. The van der Waals surface area contributed by atoms with Gasteiger partial charge in [0, 0.05) is 4.47 Å². The van der Waals surface area contributed by atoms with Crippen molar-refractivity contribution in [1.29, 1.82) is 0 Å². The van der Waals surface area contributed by atoms with E-state index in [9.17, 15) is 13.2 Å². The maximum Gasteiger partial charge on any atom is 0.256 e. The van der Waals surface area contributed by atoms with Gasteiger partial charge in [0.05, 0.1) is 5.54 Å². The second-order valence-corrected chi connectivity index (χ2v) is 4.63. The number of hydrogen-bond acceptors (Lipinski definition) is 1. The minimum absolute atomic E-state index is 0.191. The Balaban J connectivity index is 2.90. The number of rotatable bonds is 3. The summed E-state index contributed by atoms with van der Waals surface area (Å²) in [6.45, 7) is 1.21. The molecule has 0 radical (unpaired) electrons. The third kappa shape index (κ3) is 3.21. The lowest BCUT2D eigenvalue weighted by molar-refractivity contribution is 0.0635. The van der Waals surface area contributed by atoms with Gasteiger partial charge in [-0.05, 0) is 31.0 Å². The Bertz CT molecular complexity index is 353. The van der Waals surface area contributed by atoms with E-state index in [-0.39, 0.29) is 12.0 Å². The van der Waals surface area contributed by atoms with Gasteiger partial charge >= 0.3 is 0 Å². The van der Waals surface area contributed by atoms with Gasteiger partial charge in [0.25, 0.3) is 6.43 Å². The van der Waals surface area contributed by atoms with Gasteiger partial charge < -0.3 is 5.73 Å². The van der Waals surface area contributed by atoms with E-state index in [0.29, 0.717) is 4.47 Å². The highest BCUT2D eigenvalue weighted by Gasteiger charge is 2.31. The van der Waals surface area contributed by atoms with Crippen molar-refractivity contribution >= 4 is 15.9 Å². The van der Waals surface area contributed by atoms with Crippen LogP contribution < -0.4 is 5.73 Å². The minimum atomic E-state index is -2.68. The van der Waals surface area contributed by atoms with E-state index in [1.165, 1.54) is 19.1 Å². The van der Waals surface area contributed by atoms with Crippen LogP contribution in [-0.2, 0) is 6.42 Å². The lowest BCUT2D eigenvalue weighted by Crippen LogP contribution is -2.46. The molecule has 1 aromatic rings. The molecule has 2 N–H and O–H groups in total. The Labute approximate surface area is 94.6 Å². The Morgan fingerprint density at radius 1 is 1.47 bits per heavy atom. The van der Waals surface area contributed by atoms with Crippen LogP contribution in [0.2, 0.25) is 0 Å². The molecule has 1 atom stereocenters. The summed E-state index contributed by atoms with van der Waals surface area (Å²) in [7, 11) is 0. The van der Waals surface area contributed by atoms with Gasteiger partial charge in [0.15, 0.2) is 0 Å². The van der Waals surface area contributed by atoms with E-state index in [2.05, 4.69) is 15.9 Å². The first-order chi connectivity index (χ1) is 6.83. The fourth-order valence-corrected chi connectivity index (χ4v) is 1.49. The lowest BCUT2D eigenvalue weighted by Gasteiger charge is -2.23. The van der Waals surface area contributed by atoms with Crippen LogP contribution in [0.4, 0.5) is 13.2 Å². The van der Waals surface area contributed by atoms with Crippen molar-refractivity contribution in [3.63, 3.8) is 0 Å². The molecule has 84 valence electrons. The predicted molar refractivity (Wildman–Crippen MR) is 56.4 cm³/mol. The van der Waals surface area contributed by atoms with Crippen LogP contribution in [-0.4, -0.2) is 12.0 Å². The van der Waals surface area contributed by atoms with Crippen LogP contribution in [0.1, 0.15) is 12.5 Å². The Morgan fingerprint density at radius 3 is 2.53 bits per heavy atom. The van der Waals surface area contributed by atoms with Crippen molar-refractivity contribution in [3.05, 3.63) is 34.1 Å². The van der Waals surface area contributed by atoms with Crippen LogP contribution in [0.5, 0.6) is 0 Å². The molecule has 1 nitrogen and oxygen atoms in total. The number of benzene rings is 1. The van der Waals surface area contributed by atoms with Crippen molar-refractivity contribution in [2.24, 2.45) is 5.73 Å². The van der Waals surface area contributed by atoms with Crippen molar-refractivity contribution in [1.82, 2.24) is 0 Å². The normalized spacial score (nSPS) is 15.4. The summed E-state index contributed by atoms with van der Waals surface area (Å²) < 4.78 is 38.8. The van der Waals surface area contributed by atoms with Gasteiger partial charge in [0.2, 0.25) is 0 Å². The monoisotopic (exact) mass is 281 g/mol. The van der Waals surface area contributed by atoms with E-state index in [1.54, 1.807) is 6.07 Å². The number of hydrogen-bond donors (Lipinski definition) is 1. The maximum absolute atomic E-state index is 13.3. The molecular formula is C10H11BrF3N. The highest BCUT2D eigenvalue weighted by molar-refractivity contribution is 9.10. The summed E-state index contributed by atoms with van der Waals surface area (Å²) >= 11 is 3.09. The minimum Gasteiger partial charge on any atom is -0.320 e. The molecule has 0 aliphatic rings. The van der Waals surface area contributed by atoms with Gasteiger partial charge in [-0.15, -0.1) is 0 Å². The number of alkyl halides is 2. The van der Waals surface area contributed by atoms with E-state index in [1.807, 2.05) is 0 Å². The van der Waals surface area contributed by atoms with Crippen LogP contribution in [0.25, 0.3) is 0 Å². The molecule has 0 fully saturated rings. The van der Waals surface area contributed by atoms with E-state index in [0.717, 1.165) is 0 Å². The molecule has 0 saturated carbocycles. The first kappa shape index (κ1) is 12.5. The van der Waals surface area contributed by atoms with Crippen molar-refractivity contribution < 1.29 is 13.2 Å². The first-order valence-electron chi connectivity index (χ1n) is 4.34. The molecule has 5 heteroatoms. The zero-order valence-electron chi connectivity index (χ0n) is 8.11. The first-order valence-corrected chi connectivity index (χ1v) is 5.13. The number of halogens is 4. The van der Waals surface area contributed by atoms with Gasteiger partial charge in [0.1, 0.15) is 5.82 Å². The molecule has 0 heterocycles. The van der Waals surface area contributed by atoms with Gasteiger partial charge in [-0.2, -0.15) is 0 Å². The largest absolute Gasteiger partial charge is 0.320 e. The smallest absolute Gasteiger partial charge is 0.256 e. The zero-order valence-corrected chi connectivity index (χ0v) is 9.69. The number of nitrogens with two attached hydrogens (primary N) is 1. The predicted octanol–water partition coefficient (Wildman–Crippen LogP) is 3.11. The summed E-state index contributed by atoms with van der Waals surface area (Å²) in [6, 6.07) is 4.28. The second-order valence-electron chi connectivity index (χ2n) is 3.72. The molecular weight excluding hydrogens is 271 g/mol. The average Bonchev–Trinajstić information content (AvgIpc) is 2.09. The highest BCUT2D eigenvalue weighted by atomic mass is 79.9. The third-order valence-corrected chi connectivity index (χ3v) is 2.58. The molecule has 0 spiro atoms. The quantitative estimate of drug-likeness (QED) is 0.905. The maximum atomic E-state index is 13.3. The van der Waals surface area contributed by atoms with Gasteiger partial charge in [-0.3, -0.25) is 0 Å². The van der Waals surface area contributed by atoms with Crippen LogP contribution in [0.3, 0.4) is 0 Å². The molecule has 1 unspecified atom stereocenters. The molecule has 0 saturated heterocycles. The third-order valence-electron chi connectivity index (χ3n) is 2.08. The van der Waals surface area contributed by atoms with Crippen molar-refractivity contribution in [2.45, 2.75) is 25.3 Å². The van der Waals surface area contributed by atoms with Gasteiger partial charge in [-0.25, -0.2) is 13.2 Å². The second kappa shape index (κ2) is 4.53. The van der Waals surface area contributed by atoms with E-state index in [4.69, 9.17) is 5.73 Å². The van der Waals surface area contributed by atoms with Crippen LogP contribution >= 0.6 is 15.9 Å². The molecule has 1 aromatic carbocycles. The molecule has 0 amide bonds. The molecule has 0 aliphatic carbocycles. The molecule has 1 rings (SSSR count). The Hall–Kier alpha value is -0.550. The van der Waals surface area contributed by atoms with Crippen LogP contribution in [0.15, 0.2) is 22.7 Å². The molecule has 0 aliphatic heterocycles. The lowest BCUT2D eigenvalue weighted by atomic mass is 9.94. The summed E-state index contributed by atoms with van der Waals surface area (Å²) in [4.78, 5) is 0. The Kier molecular flexibility index (Phi) is 3.78. The molecule has 0 bridgehead atoms. The summed E-state index contributed by atoms with van der Waals surface area (Å²) in [6.07, 6.45) is -2.87. The standard InChI is InChI=1S/C10H11BrF3N/c1-10(15,9(13)14)5-6-2-3-7(11)4-8(6)12/h2-4,9H,5,15H2,1H3. The van der Waals surface area contributed by atoms with E-state index < -0.39 is 17.8 Å².